The van der Waals surface area contributed by atoms with Crippen LogP contribution in [0, 0.1) is 6.92 Å². The first kappa shape index (κ1) is 33.1. The average Bonchev–Trinajstić information content (AvgIpc) is 2.94. The number of aryl methyl sites for hydroxylation is 2. The number of nitrogen functional groups attached to an aromatic ring is 1. The van der Waals surface area contributed by atoms with Crippen LogP contribution in [0.25, 0.3) is 5.70 Å². The number of hydrogen-bond acceptors (Lipinski definition) is 7. The van der Waals surface area contributed by atoms with Gasteiger partial charge in [-0.25, -0.2) is 13.4 Å². The Bertz CT molecular complexity index is 1520. The summed E-state index contributed by atoms with van der Waals surface area (Å²) in [6, 6.07) is 18.1. The van der Waals surface area contributed by atoms with Gasteiger partial charge >= 0.3 is 0 Å². The third kappa shape index (κ3) is 9.19. The van der Waals surface area contributed by atoms with E-state index in [0.717, 1.165) is 58.2 Å². The SMILES string of the molecule is C/C=N/N(C1=C(CC)CCc2ccc(NC=O)cc21)c1ccc(S(C)(=O)=O)cc1.Cc1cc(Cl)ccc1N.NC=O. The third-order valence-corrected chi connectivity index (χ3v) is 7.60. The largest absolute Gasteiger partial charge is 0.399 e. The Morgan fingerprint density at radius 2 is 1.71 bits per heavy atom. The first-order valence-electron chi connectivity index (χ1n) is 12.8. The van der Waals surface area contributed by atoms with E-state index < -0.39 is 9.84 Å². The molecule has 3 aromatic rings. The van der Waals surface area contributed by atoms with Gasteiger partial charge in [-0.3, -0.25) is 9.59 Å². The van der Waals surface area contributed by atoms with Crippen LogP contribution in [0.5, 0.6) is 0 Å². The van der Waals surface area contributed by atoms with E-state index in [1.165, 1.54) is 17.4 Å². The monoisotopic (exact) mass is 597 g/mol. The summed E-state index contributed by atoms with van der Waals surface area (Å²) >= 11 is 5.66. The van der Waals surface area contributed by atoms with Gasteiger partial charge in [-0.2, -0.15) is 5.10 Å². The van der Waals surface area contributed by atoms with Crippen molar-refractivity contribution < 1.29 is 18.0 Å². The maximum atomic E-state index is 11.8. The van der Waals surface area contributed by atoms with Crippen molar-refractivity contribution in [3.8, 4) is 0 Å². The van der Waals surface area contributed by atoms with E-state index in [1.807, 2.05) is 43.1 Å². The molecule has 0 unspecified atom stereocenters. The minimum absolute atomic E-state index is 0.250. The van der Waals surface area contributed by atoms with Crippen LogP contribution in [0.1, 0.15) is 43.4 Å². The zero-order chi connectivity index (χ0) is 30.6. The number of hydrogen-bond donors (Lipinski definition) is 3. The number of amides is 2. The van der Waals surface area contributed by atoms with E-state index in [4.69, 9.17) is 22.1 Å². The number of nitrogens with one attached hydrogen (secondary N) is 1. The van der Waals surface area contributed by atoms with Gasteiger partial charge in [-0.15, -0.1) is 0 Å². The lowest BCUT2D eigenvalue weighted by atomic mass is 9.87. The number of rotatable bonds is 7. The van der Waals surface area contributed by atoms with Crippen LogP contribution in [0.4, 0.5) is 17.1 Å². The molecule has 1 aliphatic rings. The summed E-state index contributed by atoms with van der Waals surface area (Å²) in [5.41, 5.74) is 17.5. The molecule has 0 heterocycles. The molecule has 2 amide bonds. The van der Waals surface area contributed by atoms with Crippen molar-refractivity contribution in [3.05, 3.63) is 87.9 Å². The Kier molecular flexibility index (Phi) is 12.6. The number of fused-ring (bicyclic) bond motifs is 1. The van der Waals surface area contributed by atoms with Gasteiger partial charge in [0.2, 0.25) is 12.8 Å². The minimum Gasteiger partial charge on any atom is -0.399 e. The summed E-state index contributed by atoms with van der Waals surface area (Å²) in [6.07, 6.45) is 6.56. The number of hydrazone groups is 1. The highest BCUT2D eigenvalue weighted by Gasteiger charge is 2.24. The van der Waals surface area contributed by atoms with E-state index in [1.54, 1.807) is 42.6 Å². The number of carbonyl (C=O) groups is 2. The van der Waals surface area contributed by atoms with Gasteiger partial charge in [0.25, 0.3) is 0 Å². The zero-order valence-corrected chi connectivity index (χ0v) is 25.2. The third-order valence-electron chi connectivity index (χ3n) is 6.23. The van der Waals surface area contributed by atoms with Crippen LogP contribution in [-0.2, 0) is 25.8 Å². The van der Waals surface area contributed by atoms with Crippen molar-refractivity contribution in [1.29, 1.82) is 0 Å². The molecular formula is C30H36ClN5O4S. The second kappa shape index (κ2) is 15.6. The molecule has 4 rings (SSSR count). The molecule has 0 atom stereocenters. The molecule has 9 nitrogen and oxygen atoms in total. The maximum absolute atomic E-state index is 11.8. The molecule has 5 N–H and O–H groups in total. The Hall–Kier alpha value is -4.15. The molecule has 0 saturated carbocycles. The molecule has 0 radical (unpaired) electrons. The number of halogens is 1. The van der Waals surface area contributed by atoms with E-state index in [0.29, 0.717) is 6.41 Å². The van der Waals surface area contributed by atoms with E-state index in [9.17, 15) is 13.2 Å². The summed E-state index contributed by atoms with van der Waals surface area (Å²) in [4.78, 5) is 19.8. The van der Waals surface area contributed by atoms with Crippen LogP contribution in [-0.4, -0.2) is 33.7 Å². The molecule has 3 aromatic carbocycles. The van der Waals surface area contributed by atoms with Crippen molar-refractivity contribution in [2.24, 2.45) is 10.8 Å². The number of anilines is 3. The Morgan fingerprint density at radius 3 is 2.22 bits per heavy atom. The van der Waals surface area contributed by atoms with Crippen molar-refractivity contribution in [2.45, 2.75) is 44.9 Å². The molecule has 0 fully saturated rings. The lowest BCUT2D eigenvalue weighted by Crippen LogP contribution is -2.21. The minimum atomic E-state index is -3.27. The number of carbonyl (C=O) groups excluding carboxylic acids is 2. The number of primary amides is 1. The summed E-state index contributed by atoms with van der Waals surface area (Å²) < 4.78 is 23.6. The highest BCUT2D eigenvalue weighted by atomic mass is 35.5. The molecule has 1 aliphatic carbocycles. The average molecular weight is 598 g/mol. The standard InChI is InChI=1S/C22H25N3O3S.C7H8ClN.CH3NO/c1-4-16-6-7-17-8-9-18(23-15-26)14-21(17)22(16)25(24-5-2)19-10-12-20(13-11-19)29(3,27)28;1-5-4-6(8)2-3-7(5)9;2-1-3/h5,8-15H,4,6-7H2,1-3H3,(H,23,26);2-4H,9H2,1H3;1H,(H2,2,3)/b24-5+;;. The van der Waals surface area contributed by atoms with E-state index in [-0.39, 0.29) is 11.3 Å². The van der Waals surface area contributed by atoms with Crippen molar-refractivity contribution in [2.75, 3.05) is 22.3 Å². The van der Waals surface area contributed by atoms with Gasteiger partial charge in [0.05, 0.1) is 16.3 Å². The van der Waals surface area contributed by atoms with Crippen LogP contribution < -0.4 is 21.8 Å². The lowest BCUT2D eigenvalue weighted by Gasteiger charge is -2.30. The smallest absolute Gasteiger partial charge is 0.211 e. The Morgan fingerprint density at radius 1 is 1.05 bits per heavy atom. The van der Waals surface area contributed by atoms with Crippen LogP contribution in [0.15, 0.2) is 76.2 Å². The first-order valence-corrected chi connectivity index (χ1v) is 15.1. The van der Waals surface area contributed by atoms with Crippen LogP contribution in [0.2, 0.25) is 5.02 Å². The van der Waals surface area contributed by atoms with E-state index >= 15 is 0 Å². The Balaban J connectivity index is 0.000000408. The summed E-state index contributed by atoms with van der Waals surface area (Å²) in [7, 11) is -3.27. The fourth-order valence-corrected chi connectivity index (χ4v) is 5.07. The van der Waals surface area contributed by atoms with Crippen molar-refractivity contribution in [1.82, 2.24) is 0 Å². The number of benzene rings is 3. The quantitative estimate of drug-likeness (QED) is 0.140. The topological polar surface area (TPSA) is 148 Å². The molecular weight excluding hydrogens is 562 g/mol. The van der Waals surface area contributed by atoms with Crippen LogP contribution >= 0.6 is 11.6 Å². The van der Waals surface area contributed by atoms with Crippen molar-refractivity contribution >= 4 is 63.2 Å². The normalized spacial score (nSPS) is 12.3. The molecule has 0 aromatic heterocycles. The second-order valence-corrected chi connectivity index (χ2v) is 11.5. The molecule has 0 aliphatic heterocycles. The Labute approximate surface area is 246 Å². The summed E-state index contributed by atoms with van der Waals surface area (Å²) in [5, 5.41) is 9.91. The highest BCUT2D eigenvalue weighted by molar-refractivity contribution is 7.90. The molecule has 11 heteroatoms. The van der Waals surface area contributed by atoms with Gasteiger partial charge in [-0.1, -0.05) is 24.6 Å². The number of allylic oxidation sites excluding steroid dienone is 1. The lowest BCUT2D eigenvalue weighted by molar-refractivity contribution is -0.107. The van der Waals surface area contributed by atoms with Gasteiger partial charge in [0.15, 0.2) is 9.84 Å². The zero-order valence-electron chi connectivity index (χ0n) is 23.6. The van der Waals surface area contributed by atoms with E-state index in [2.05, 4.69) is 23.1 Å². The molecule has 218 valence electrons. The summed E-state index contributed by atoms with van der Waals surface area (Å²) in [6.45, 7) is 5.90. The second-order valence-electron chi connectivity index (χ2n) is 9.03. The van der Waals surface area contributed by atoms with Crippen molar-refractivity contribution in [3.63, 3.8) is 0 Å². The number of sulfone groups is 1. The molecule has 0 bridgehead atoms. The van der Waals surface area contributed by atoms with Gasteiger partial charge in [0.1, 0.15) is 0 Å². The van der Waals surface area contributed by atoms with Crippen LogP contribution in [0.3, 0.4) is 0 Å². The molecule has 41 heavy (non-hydrogen) atoms. The van der Waals surface area contributed by atoms with Gasteiger partial charge < -0.3 is 16.8 Å². The fourth-order valence-electron chi connectivity index (χ4n) is 4.22. The predicted molar refractivity (Wildman–Crippen MR) is 169 cm³/mol. The van der Waals surface area contributed by atoms with Gasteiger partial charge in [-0.05, 0) is 104 Å². The highest BCUT2D eigenvalue weighted by Crippen LogP contribution is 2.39. The fraction of sp³-hybridized carbons (Fsp3) is 0.233. The predicted octanol–water partition coefficient (Wildman–Crippen LogP) is 5.57. The molecule has 0 spiro atoms. The molecule has 0 saturated heterocycles. The number of nitrogens with zero attached hydrogens (tertiary/aromatic N) is 2. The number of nitrogens with two attached hydrogens (primary N) is 2. The maximum Gasteiger partial charge on any atom is 0.211 e. The first-order chi connectivity index (χ1) is 19.5. The summed E-state index contributed by atoms with van der Waals surface area (Å²) in [5.74, 6) is 0. The van der Waals surface area contributed by atoms with Gasteiger partial charge in [0, 0.05) is 34.4 Å².